The molecule has 1 aliphatic rings. The lowest BCUT2D eigenvalue weighted by molar-refractivity contribution is 0.0952. The summed E-state index contributed by atoms with van der Waals surface area (Å²) in [7, 11) is 1.40. The van der Waals surface area contributed by atoms with Crippen LogP contribution in [0.5, 0.6) is 5.75 Å². The molecule has 1 N–H and O–H groups in total. The van der Waals surface area contributed by atoms with Gasteiger partial charge in [0.25, 0.3) is 0 Å². The van der Waals surface area contributed by atoms with Gasteiger partial charge in [-0.25, -0.2) is 4.39 Å². The molecule has 0 saturated carbocycles. The second-order valence-electron chi connectivity index (χ2n) is 3.86. The summed E-state index contributed by atoms with van der Waals surface area (Å²) in [5.41, 5.74) is 0.401. The standard InChI is InChI=1S/C12H14FNO2/c1-16-11-5-4-8(7-9(11)13)12(15)10-3-2-6-14-10/h4-5,7,10,14H,2-3,6H2,1H3. The molecule has 4 heteroatoms. The van der Waals surface area contributed by atoms with Gasteiger partial charge in [-0.2, -0.15) is 0 Å². The first-order chi connectivity index (χ1) is 7.72. The lowest BCUT2D eigenvalue weighted by atomic mass is 10.0. The number of nitrogens with one attached hydrogen (secondary N) is 1. The summed E-state index contributed by atoms with van der Waals surface area (Å²) in [6.07, 6.45) is 1.82. The highest BCUT2D eigenvalue weighted by Crippen LogP contribution is 2.20. The number of Topliss-reactive ketones (excluding diaryl/α,β-unsaturated/α-hetero) is 1. The molecule has 0 amide bonds. The molecular weight excluding hydrogens is 209 g/mol. The smallest absolute Gasteiger partial charge is 0.179 e. The number of hydrogen-bond donors (Lipinski definition) is 1. The molecule has 16 heavy (non-hydrogen) atoms. The third kappa shape index (κ3) is 2.07. The van der Waals surface area contributed by atoms with Crippen molar-refractivity contribution in [1.29, 1.82) is 0 Å². The average Bonchev–Trinajstić information content (AvgIpc) is 2.81. The molecule has 1 saturated heterocycles. The van der Waals surface area contributed by atoms with Crippen LogP contribution >= 0.6 is 0 Å². The van der Waals surface area contributed by atoms with Gasteiger partial charge in [-0.3, -0.25) is 4.79 Å². The fourth-order valence-corrected chi connectivity index (χ4v) is 1.93. The summed E-state index contributed by atoms with van der Waals surface area (Å²) in [5.74, 6) is -0.374. The highest BCUT2D eigenvalue weighted by atomic mass is 19.1. The third-order valence-electron chi connectivity index (χ3n) is 2.81. The number of halogens is 1. The SMILES string of the molecule is COc1ccc(C(=O)C2CCCN2)cc1F. The fourth-order valence-electron chi connectivity index (χ4n) is 1.93. The minimum Gasteiger partial charge on any atom is -0.494 e. The molecule has 86 valence electrons. The molecule has 0 aliphatic carbocycles. The molecular formula is C12H14FNO2. The Kier molecular flexibility index (Phi) is 3.19. The van der Waals surface area contributed by atoms with Crippen LogP contribution in [-0.4, -0.2) is 25.5 Å². The van der Waals surface area contributed by atoms with Crippen molar-refractivity contribution in [1.82, 2.24) is 5.32 Å². The van der Waals surface area contributed by atoms with E-state index in [9.17, 15) is 9.18 Å². The number of methoxy groups -OCH3 is 1. The van der Waals surface area contributed by atoms with E-state index in [-0.39, 0.29) is 17.6 Å². The lowest BCUT2D eigenvalue weighted by Crippen LogP contribution is -2.30. The van der Waals surface area contributed by atoms with Crippen LogP contribution in [0.4, 0.5) is 4.39 Å². The van der Waals surface area contributed by atoms with Crippen LogP contribution in [0.25, 0.3) is 0 Å². The predicted molar refractivity (Wildman–Crippen MR) is 58.3 cm³/mol. The van der Waals surface area contributed by atoms with Gasteiger partial charge in [-0.1, -0.05) is 0 Å². The summed E-state index contributed by atoms with van der Waals surface area (Å²) in [6, 6.07) is 4.16. The van der Waals surface area contributed by atoms with E-state index < -0.39 is 5.82 Å². The molecule has 0 aromatic heterocycles. The summed E-state index contributed by atoms with van der Waals surface area (Å²) < 4.78 is 18.2. The van der Waals surface area contributed by atoms with Crippen LogP contribution in [0, 0.1) is 5.82 Å². The van der Waals surface area contributed by atoms with E-state index in [4.69, 9.17) is 4.74 Å². The van der Waals surface area contributed by atoms with Crippen molar-refractivity contribution in [2.75, 3.05) is 13.7 Å². The molecule has 1 aromatic rings. The minimum atomic E-state index is -0.494. The van der Waals surface area contributed by atoms with Gasteiger partial charge in [0.05, 0.1) is 13.2 Å². The van der Waals surface area contributed by atoms with Crippen LogP contribution in [-0.2, 0) is 0 Å². The van der Waals surface area contributed by atoms with Crippen LogP contribution in [0.2, 0.25) is 0 Å². The zero-order valence-electron chi connectivity index (χ0n) is 9.13. The van der Waals surface area contributed by atoms with Crippen molar-refractivity contribution >= 4 is 5.78 Å². The van der Waals surface area contributed by atoms with E-state index in [1.54, 1.807) is 6.07 Å². The number of hydrogen-bond acceptors (Lipinski definition) is 3. The van der Waals surface area contributed by atoms with Gasteiger partial charge in [0.15, 0.2) is 17.3 Å². The summed E-state index contributed by atoms with van der Waals surface area (Å²) in [6.45, 7) is 0.856. The van der Waals surface area contributed by atoms with E-state index in [2.05, 4.69) is 5.32 Å². The topological polar surface area (TPSA) is 38.3 Å². The zero-order valence-corrected chi connectivity index (χ0v) is 9.13. The lowest BCUT2D eigenvalue weighted by Gasteiger charge is -2.09. The molecule has 1 aliphatic heterocycles. The van der Waals surface area contributed by atoms with Crippen LogP contribution < -0.4 is 10.1 Å². The predicted octanol–water partition coefficient (Wildman–Crippen LogP) is 1.77. The van der Waals surface area contributed by atoms with Crippen molar-refractivity contribution in [2.24, 2.45) is 0 Å². The highest BCUT2D eigenvalue weighted by molar-refractivity contribution is 6.00. The quantitative estimate of drug-likeness (QED) is 0.794. The van der Waals surface area contributed by atoms with Crippen molar-refractivity contribution in [3.05, 3.63) is 29.6 Å². The van der Waals surface area contributed by atoms with E-state index in [1.807, 2.05) is 0 Å². The Balaban J connectivity index is 2.20. The first-order valence-corrected chi connectivity index (χ1v) is 5.33. The van der Waals surface area contributed by atoms with Crippen molar-refractivity contribution in [3.8, 4) is 5.75 Å². The molecule has 1 atom stereocenters. The van der Waals surface area contributed by atoms with E-state index in [0.29, 0.717) is 5.56 Å². The van der Waals surface area contributed by atoms with Crippen LogP contribution in [0.15, 0.2) is 18.2 Å². The molecule has 1 heterocycles. The number of carbonyl (C=O) groups excluding carboxylic acids is 1. The van der Waals surface area contributed by atoms with Crippen LogP contribution in [0.3, 0.4) is 0 Å². The van der Waals surface area contributed by atoms with E-state index in [1.165, 1.54) is 19.2 Å². The van der Waals surface area contributed by atoms with Gasteiger partial charge < -0.3 is 10.1 Å². The maximum absolute atomic E-state index is 13.4. The normalized spacial score (nSPS) is 19.8. The van der Waals surface area contributed by atoms with E-state index in [0.717, 1.165) is 19.4 Å². The molecule has 3 nitrogen and oxygen atoms in total. The van der Waals surface area contributed by atoms with Crippen LogP contribution in [0.1, 0.15) is 23.2 Å². The summed E-state index contributed by atoms with van der Waals surface area (Å²) in [4.78, 5) is 11.9. The fraction of sp³-hybridized carbons (Fsp3) is 0.417. The Morgan fingerprint density at radius 2 is 2.38 bits per heavy atom. The van der Waals surface area contributed by atoms with Crippen molar-refractivity contribution in [3.63, 3.8) is 0 Å². The zero-order chi connectivity index (χ0) is 11.5. The Morgan fingerprint density at radius 1 is 1.56 bits per heavy atom. The number of benzene rings is 1. The number of carbonyl (C=O) groups is 1. The number of ether oxygens (including phenoxy) is 1. The van der Waals surface area contributed by atoms with Gasteiger partial charge in [0.2, 0.25) is 0 Å². The Morgan fingerprint density at radius 3 is 2.94 bits per heavy atom. The van der Waals surface area contributed by atoms with Gasteiger partial charge in [0.1, 0.15) is 0 Å². The first kappa shape index (κ1) is 11.1. The maximum Gasteiger partial charge on any atom is 0.179 e. The summed E-state index contributed by atoms with van der Waals surface area (Å²) in [5, 5.41) is 3.10. The molecule has 0 radical (unpaired) electrons. The largest absolute Gasteiger partial charge is 0.494 e. The first-order valence-electron chi connectivity index (χ1n) is 5.33. The Bertz CT molecular complexity index is 400. The van der Waals surface area contributed by atoms with Gasteiger partial charge >= 0.3 is 0 Å². The molecule has 2 rings (SSSR count). The molecule has 1 aromatic carbocycles. The maximum atomic E-state index is 13.4. The highest BCUT2D eigenvalue weighted by Gasteiger charge is 2.23. The molecule has 0 spiro atoms. The van der Waals surface area contributed by atoms with Crippen molar-refractivity contribution < 1.29 is 13.9 Å². The Hall–Kier alpha value is -1.42. The van der Waals surface area contributed by atoms with E-state index >= 15 is 0 Å². The minimum absolute atomic E-state index is 0.0425. The Labute approximate surface area is 93.6 Å². The second kappa shape index (κ2) is 4.61. The number of ketones is 1. The molecule has 1 unspecified atom stereocenters. The van der Waals surface area contributed by atoms with Gasteiger partial charge in [-0.15, -0.1) is 0 Å². The number of rotatable bonds is 3. The second-order valence-corrected chi connectivity index (χ2v) is 3.86. The third-order valence-corrected chi connectivity index (χ3v) is 2.81. The van der Waals surface area contributed by atoms with Gasteiger partial charge in [-0.05, 0) is 37.6 Å². The molecule has 1 fully saturated rings. The average molecular weight is 223 g/mol. The van der Waals surface area contributed by atoms with Crippen molar-refractivity contribution in [2.45, 2.75) is 18.9 Å². The monoisotopic (exact) mass is 223 g/mol. The molecule has 0 bridgehead atoms. The van der Waals surface area contributed by atoms with Gasteiger partial charge in [0, 0.05) is 5.56 Å². The summed E-state index contributed by atoms with van der Waals surface area (Å²) >= 11 is 0.